The highest BCUT2D eigenvalue weighted by Crippen LogP contribution is 2.22. The molecule has 0 saturated heterocycles. The minimum atomic E-state index is -0.390. The standard InChI is InChI=1S/C20H22N2O2/c1-20(2,3)17-12-10-16(11-13-17)19(24)22-21-18(23)14-9-15-7-5-4-6-8-15/h4-14H,1-3H3,(H,21,23)(H,22,24)/b14-9+. The number of hydrogen-bond donors (Lipinski definition) is 2. The maximum absolute atomic E-state index is 12.0. The Morgan fingerprint density at radius 3 is 2.08 bits per heavy atom. The average molecular weight is 322 g/mol. The van der Waals surface area contributed by atoms with Gasteiger partial charge in [0.2, 0.25) is 0 Å². The predicted octanol–water partition coefficient (Wildman–Crippen LogP) is 3.46. The topological polar surface area (TPSA) is 58.2 Å². The van der Waals surface area contributed by atoms with E-state index in [-0.39, 0.29) is 11.3 Å². The van der Waals surface area contributed by atoms with Gasteiger partial charge in [-0.3, -0.25) is 20.4 Å². The quantitative estimate of drug-likeness (QED) is 0.671. The van der Waals surface area contributed by atoms with Gasteiger partial charge in [0.05, 0.1) is 0 Å². The van der Waals surface area contributed by atoms with Gasteiger partial charge in [-0.25, -0.2) is 0 Å². The zero-order valence-corrected chi connectivity index (χ0v) is 14.2. The molecule has 0 unspecified atom stereocenters. The molecular weight excluding hydrogens is 300 g/mol. The van der Waals surface area contributed by atoms with Crippen molar-refractivity contribution in [3.8, 4) is 0 Å². The van der Waals surface area contributed by atoms with Crippen LogP contribution in [0.3, 0.4) is 0 Å². The van der Waals surface area contributed by atoms with Crippen molar-refractivity contribution in [2.24, 2.45) is 0 Å². The van der Waals surface area contributed by atoms with Crippen molar-refractivity contribution in [2.45, 2.75) is 26.2 Å². The highest BCUT2D eigenvalue weighted by Gasteiger charge is 2.14. The van der Waals surface area contributed by atoms with Gasteiger partial charge in [0.15, 0.2) is 0 Å². The molecule has 0 aromatic heterocycles. The summed E-state index contributed by atoms with van der Waals surface area (Å²) in [6, 6.07) is 16.8. The Bertz CT molecular complexity index is 726. The first-order valence-corrected chi connectivity index (χ1v) is 7.80. The largest absolute Gasteiger partial charge is 0.269 e. The predicted molar refractivity (Wildman–Crippen MR) is 96.2 cm³/mol. The summed E-state index contributed by atoms with van der Waals surface area (Å²) >= 11 is 0. The Labute approximate surface area is 142 Å². The third-order valence-electron chi connectivity index (χ3n) is 3.54. The number of amides is 2. The molecule has 24 heavy (non-hydrogen) atoms. The lowest BCUT2D eigenvalue weighted by atomic mass is 9.87. The van der Waals surface area contributed by atoms with Crippen LogP contribution in [0.25, 0.3) is 6.08 Å². The molecule has 0 aliphatic rings. The van der Waals surface area contributed by atoms with E-state index in [1.54, 1.807) is 18.2 Å². The molecule has 124 valence electrons. The van der Waals surface area contributed by atoms with Crippen LogP contribution in [0.5, 0.6) is 0 Å². The fourth-order valence-corrected chi connectivity index (χ4v) is 2.09. The average Bonchev–Trinajstić information content (AvgIpc) is 2.58. The number of carbonyl (C=O) groups excluding carboxylic acids is 2. The van der Waals surface area contributed by atoms with Crippen LogP contribution < -0.4 is 10.9 Å². The maximum Gasteiger partial charge on any atom is 0.269 e. The molecule has 2 amide bonds. The third kappa shape index (κ3) is 5.09. The van der Waals surface area contributed by atoms with Crippen molar-refractivity contribution in [3.63, 3.8) is 0 Å². The van der Waals surface area contributed by atoms with Crippen LogP contribution in [0.15, 0.2) is 60.7 Å². The first kappa shape index (κ1) is 17.5. The smallest absolute Gasteiger partial charge is 0.268 e. The molecule has 0 heterocycles. The summed E-state index contributed by atoms with van der Waals surface area (Å²) in [5.41, 5.74) is 7.36. The van der Waals surface area contributed by atoms with Gasteiger partial charge in [-0.1, -0.05) is 63.2 Å². The molecule has 0 spiro atoms. The second-order valence-electron chi connectivity index (χ2n) is 6.51. The van der Waals surface area contributed by atoms with E-state index in [2.05, 4.69) is 31.6 Å². The molecule has 0 atom stereocenters. The zero-order valence-electron chi connectivity index (χ0n) is 14.2. The molecule has 0 aliphatic heterocycles. The molecule has 0 saturated carbocycles. The summed E-state index contributed by atoms with van der Waals surface area (Å²) in [5, 5.41) is 0. The lowest BCUT2D eigenvalue weighted by molar-refractivity contribution is -0.117. The molecule has 2 aromatic rings. The van der Waals surface area contributed by atoms with E-state index in [9.17, 15) is 9.59 Å². The molecule has 4 nitrogen and oxygen atoms in total. The van der Waals surface area contributed by atoms with Crippen LogP contribution in [-0.2, 0) is 10.2 Å². The number of hydrogen-bond acceptors (Lipinski definition) is 2. The number of nitrogens with one attached hydrogen (secondary N) is 2. The van der Waals surface area contributed by atoms with Crippen LogP contribution in [0, 0.1) is 0 Å². The van der Waals surface area contributed by atoms with E-state index in [1.165, 1.54) is 6.08 Å². The fraction of sp³-hybridized carbons (Fsp3) is 0.200. The Morgan fingerprint density at radius 2 is 1.50 bits per heavy atom. The summed E-state index contributed by atoms with van der Waals surface area (Å²) in [4.78, 5) is 23.8. The number of benzene rings is 2. The van der Waals surface area contributed by atoms with Crippen LogP contribution in [0.1, 0.15) is 42.3 Å². The molecule has 2 aromatic carbocycles. The highest BCUT2D eigenvalue weighted by atomic mass is 16.2. The second-order valence-corrected chi connectivity index (χ2v) is 6.51. The Hall–Kier alpha value is -2.88. The van der Waals surface area contributed by atoms with E-state index >= 15 is 0 Å². The summed E-state index contributed by atoms with van der Waals surface area (Å²) in [6.07, 6.45) is 3.05. The maximum atomic E-state index is 12.0. The Kier molecular flexibility index (Phi) is 5.53. The van der Waals surface area contributed by atoms with Crippen LogP contribution in [-0.4, -0.2) is 11.8 Å². The summed E-state index contributed by atoms with van der Waals surface area (Å²) in [7, 11) is 0. The molecule has 0 bridgehead atoms. The first-order chi connectivity index (χ1) is 11.4. The normalized spacial score (nSPS) is 11.3. The van der Waals surface area contributed by atoms with Crippen molar-refractivity contribution in [1.29, 1.82) is 0 Å². The van der Waals surface area contributed by atoms with Gasteiger partial charge in [0.25, 0.3) is 11.8 Å². The van der Waals surface area contributed by atoms with Crippen molar-refractivity contribution < 1.29 is 9.59 Å². The van der Waals surface area contributed by atoms with Crippen molar-refractivity contribution in [3.05, 3.63) is 77.4 Å². The fourth-order valence-electron chi connectivity index (χ4n) is 2.09. The van der Waals surface area contributed by atoms with Gasteiger partial charge in [0.1, 0.15) is 0 Å². The Morgan fingerprint density at radius 1 is 0.875 bits per heavy atom. The minimum absolute atomic E-state index is 0.0332. The number of rotatable bonds is 3. The van der Waals surface area contributed by atoms with Gasteiger partial charge >= 0.3 is 0 Å². The summed E-state index contributed by atoms with van der Waals surface area (Å²) < 4.78 is 0. The molecule has 0 fully saturated rings. The first-order valence-electron chi connectivity index (χ1n) is 7.80. The van der Waals surface area contributed by atoms with Crippen molar-refractivity contribution in [1.82, 2.24) is 10.9 Å². The molecule has 2 rings (SSSR count). The molecule has 0 radical (unpaired) electrons. The van der Waals surface area contributed by atoms with Crippen molar-refractivity contribution >= 4 is 17.9 Å². The monoisotopic (exact) mass is 322 g/mol. The van der Waals surface area contributed by atoms with Crippen LogP contribution in [0.2, 0.25) is 0 Å². The molecule has 4 heteroatoms. The lowest BCUT2D eigenvalue weighted by Crippen LogP contribution is -2.40. The van der Waals surface area contributed by atoms with Gasteiger partial charge in [-0.15, -0.1) is 0 Å². The minimum Gasteiger partial charge on any atom is -0.268 e. The van der Waals surface area contributed by atoms with E-state index in [0.29, 0.717) is 5.56 Å². The van der Waals surface area contributed by atoms with E-state index in [0.717, 1.165) is 11.1 Å². The van der Waals surface area contributed by atoms with Gasteiger partial charge in [-0.2, -0.15) is 0 Å². The third-order valence-corrected chi connectivity index (χ3v) is 3.54. The molecular formula is C20H22N2O2. The van der Waals surface area contributed by atoms with E-state index in [1.807, 2.05) is 42.5 Å². The highest BCUT2D eigenvalue weighted by molar-refractivity contribution is 5.97. The van der Waals surface area contributed by atoms with Crippen molar-refractivity contribution in [2.75, 3.05) is 0 Å². The van der Waals surface area contributed by atoms with Gasteiger partial charge < -0.3 is 0 Å². The zero-order chi connectivity index (χ0) is 17.6. The second kappa shape index (κ2) is 7.59. The van der Waals surface area contributed by atoms with E-state index < -0.39 is 5.91 Å². The summed E-state index contributed by atoms with van der Waals surface area (Å²) in [5.74, 6) is -0.740. The van der Waals surface area contributed by atoms with Gasteiger partial charge in [0, 0.05) is 11.6 Å². The van der Waals surface area contributed by atoms with Crippen LogP contribution in [0.4, 0.5) is 0 Å². The lowest BCUT2D eigenvalue weighted by Gasteiger charge is -2.19. The van der Waals surface area contributed by atoms with Gasteiger partial charge in [-0.05, 0) is 34.8 Å². The summed E-state index contributed by atoms with van der Waals surface area (Å²) in [6.45, 7) is 6.34. The molecule has 0 aliphatic carbocycles. The van der Waals surface area contributed by atoms with Crippen LogP contribution >= 0.6 is 0 Å². The van der Waals surface area contributed by atoms with E-state index in [4.69, 9.17) is 0 Å². The number of carbonyl (C=O) groups is 2. The molecule has 2 N–H and O–H groups in total. The number of hydrazine groups is 1. The Balaban J connectivity index is 1.88. The SMILES string of the molecule is CC(C)(C)c1ccc(C(=O)NNC(=O)/C=C/c2ccccc2)cc1.